The fourth-order valence-corrected chi connectivity index (χ4v) is 6.97. The number of hydrogen-bond donors (Lipinski definition) is 4. The van der Waals surface area contributed by atoms with E-state index in [1.807, 2.05) is 70.0 Å². The van der Waals surface area contributed by atoms with Gasteiger partial charge in [-0.2, -0.15) is 16.8 Å². The fourth-order valence-electron chi connectivity index (χ4n) is 5.42. The van der Waals surface area contributed by atoms with E-state index in [0.717, 1.165) is 5.56 Å². The molecule has 0 fully saturated rings. The maximum atomic E-state index is 14.3. The Morgan fingerprint density at radius 3 is 1.55 bits per heavy atom. The molecule has 0 bridgehead atoms. The standard InChI is InChI=1S/C34H41FN8O6S2/c1-19(2)25-10-8-11-26(29(25)40-31(44)42-50(46,47)33-36-12-9-13-37-33)22(7)14-23-17-38-34(39-18-23)51(48,49)43-32(45)41-30-27(20(3)4)15-24(35)16-28(30)21(5)6/h8-13,15-22H,14H2,1-7H3,(H2,40,42,44)(H2,41,43,45). The predicted molar refractivity (Wildman–Crippen MR) is 190 cm³/mol. The van der Waals surface area contributed by atoms with Gasteiger partial charge in [0.15, 0.2) is 0 Å². The van der Waals surface area contributed by atoms with E-state index < -0.39 is 48.2 Å². The SMILES string of the molecule is CC(C)c1cc(F)cc(C(C)C)c1NC(=O)NS(=O)(=O)c1ncc(CC(C)c2cccc(C(C)C)c2NC(=O)NS(=O)(=O)c2ncccn2)cn1. The van der Waals surface area contributed by atoms with Crippen molar-refractivity contribution in [3.8, 4) is 0 Å². The van der Waals surface area contributed by atoms with E-state index in [1.165, 1.54) is 43.0 Å². The predicted octanol–water partition coefficient (Wildman–Crippen LogP) is 6.14. The molecule has 0 saturated heterocycles. The first kappa shape index (κ1) is 38.8. The van der Waals surface area contributed by atoms with E-state index in [4.69, 9.17) is 0 Å². The summed E-state index contributed by atoms with van der Waals surface area (Å²) in [5.74, 6) is -1.11. The topological polar surface area (TPSA) is 202 Å². The molecule has 0 radical (unpaired) electrons. The zero-order valence-corrected chi connectivity index (χ0v) is 30.9. The van der Waals surface area contributed by atoms with Crippen molar-refractivity contribution >= 4 is 43.5 Å². The number of aromatic nitrogens is 4. The average molecular weight is 741 g/mol. The molecule has 4 rings (SSSR count). The van der Waals surface area contributed by atoms with Gasteiger partial charge in [0, 0.05) is 36.2 Å². The summed E-state index contributed by atoms with van der Waals surface area (Å²) in [5.41, 5.74) is 3.78. The highest BCUT2D eigenvalue weighted by Gasteiger charge is 2.26. The molecule has 51 heavy (non-hydrogen) atoms. The first-order valence-electron chi connectivity index (χ1n) is 16.1. The normalized spacial score (nSPS) is 12.5. The van der Waals surface area contributed by atoms with Crippen LogP contribution in [-0.2, 0) is 26.5 Å². The Balaban J connectivity index is 1.50. The number of rotatable bonds is 12. The molecular formula is C34H41FN8O6S2. The number of amides is 4. The third-order valence-electron chi connectivity index (χ3n) is 7.87. The molecular weight excluding hydrogens is 700 g/mol. The van der Waals surface area contributed by atoms with Gasteiger partial charge in [-0.15, -0.1) is 0 Å². The van der Waals surface area contributed by atoms with Gasteiger partial charge in [-0.3, -0.25) is 0 Å². The molecule has 2 heterocycles. The Bertz CT molecular complexity index is 2080. The van der Waals surface area contributed by atoms with Gasteiger partial charge in [0.2, 0.25) is 0 Å². The molecule has 4 amide bonds. The minimum Gasteiger partial charge on any atom is -0.307 e. The lowest BCUT2D eigenvalue weighted by atomic mass is 9.89. The van der Waals surface area contributed by atoms with Gasteiger partial charge in [-0.25, -0.2) is 43.4 Å². The van der Waals surface area contributed by atoms with Gasteiger partial charge >= 0.3 is 32.1 Å². The number of nitrogens with one attached hydrogen (secondary N) is 4. The second-order valence-corrected chi connectivity index (χ2v) is 16.0. The second-order valence-electron chi connectivity index (χ2n) is 12.9. The van der Waals surface area contributed by atoms with Crippen LogP contribution < -0.4 is 20.1 Å². The zero-order valence-electron chi connectivity index (χ0n) is 29.2. The van der Waals surface area contributed by atoms with Crippen LogP contribution in [0.2, 0.25) is 0 Å². The number of nitrogens with zero attached hydrogens (tertiary/aromatic N) is 4. The summed E-state index contributed by atoms with van der Waals surface area (Å²) in [6, 6.07) is 7.44. The Labute approximate surface area is 297 Å². The van der Waals surface area contributed by atoms with Gasteiger partial charge in [0.1, 0.15) is 5.82 Å². The monoisotopic (exact) mass is 740 g/mol. The minimum atomic E-state index is -4.49. The minimum absolute atomic E-state index is 0.0454. The second kappa shape index (κ2) is 15.9. The fraction of sp³-hybridized carbons (Fsp3) is 0.353. The maximum absolute atomic E-state index is 14.3. The number of carbonyl (C=O) groups excluding carboxylic acids is 2. The third-order valence-corrected chi connectivity index (χ3v) is 10.2. The van der Waals surface area contributed by atoms with E-state index >= 15 is 0 Å². The highest BCUT2D eigenvalue weighted by atomic mass is 32.2. The van der Waals surface area contributed by atoms with Crippen LogP contribution in [0.4, 0.5) is 25.4 Å². The van der Waals surface area contributed by atoms with Crippen molar-refractivity contribution in [2.75, 3.05) is 10.6 Å². The van der Waals surface area contributed by atoms with Crippen LogP contribution in [0.15, 0.2) is 71.5 Å². The van der Waals surface area contributed by atoms with Gasteiger partial charge in [-0.1, -0.05) is 66.7 Å². The van der Waals surface area contributed by atoms with Crippen LogP contribution in [0.3, 0.4) is 0 Å². The van der Waals surface area contributed by atoms with E-state index in [-0.39, 0.29) is 23.7 Å². The van der Waals surface area contributed by atoms with Crippen molar-refractivity contribution < 1.29 is 30.8 Å². The van der Waals surface area contributed by atoms with Crippen molar-refractivity contribution in [3.05, 3.63) is 94.8 Å². The summed E-state index contributed by atoms with van der Waals surface area (Å²) in [6.07, 6.45) is 5.44. The molecule has 0 spiro atoms. The Kier molecular flexibility index (Phi) is 12.1. The lowest BCUT2D eigenvalue weighted by Crippen LogP contribution is -2.36. The highest BCUT2D eigenvalue weighted by Crippen LogP contribution is 2.35. The van der Waals surface area contributed by atoms with E-state index in [9.17, 15) is 30.8 Å². The van der Waals surface area contributed by atoms with E-state index in [2.05, 4.69) is 30.6 Å². The van der Waals surface area contributed by atoms with Crippen LogP contribution in [0.25, 0.3) is 0 Å². The highest BCUT2D eigenvalue weighted by molar-refractivity contribution is 7.90. The summed E-state index contributed by atoms with van der Waals surface area (Å²) < 4.78 is 69.6. The van der Waals surface area contributed by atoms with Gasteiger partial charge in [-0.05, 0) is 76.1 Å². The molecule has 4 N–H and O–H groups in total. The first-order chi connectivity index (χ1) is 23.9. The lowest BCUT2D eigenvalue weighted by molar-refractivity contribution is 0.255. The Hall–Kier alpha value is -5.03. The maximum Gasteiger partial charge on any atom is 0.333 e. The van der Waals surface area contributed by atoms with Crippen molar-refractivity contribution in [1.29, 1.82) is 0 Å². The molecule has 1 unspecified atom stereocenters. The number of hydrogen-bond acceptors (Lipinski definition) is 10. The largest absolute Gasteiger partial charge is 0.333 e. The molecule has 0 aliphatic heterocycles. The number of halogens is 1. The van der Waals surface area contributed by atoms with Crippen LogP contribution in [0, 0.1) is 5.82 Å². The molecule has 0 saturated carbocycles. The quantitative estimate of drug-likeness (QED) is 0.122. The third kappa shape index (κ3) is 9.61. The number of anilines is 2. The molecule has 14 nitrogen and oxygen atoms in total. The average Bonchev–Trinajstić information content (AvgIpc) is 3.05. The van der Waals surface area contributed by atoms with Gasteiger partial charge in [0.25, 0.3) is 10.3 Å². The molecule has 2 aromatic heterocycles. The number of carbonyl (C=O) groups is 2. The number of benzene rings is 2. The Morgan fingerprint density at radius 2 is 1.08 bits per heavy atom. The smallest absolute Gasteiger partial charge is 0.307 e. The van der Waals surface area contributed by atoms with Crippen LogP contribution in [0.5, 0.6) is 0 Å². The van der Waals surface area contributed by atoms with Crippen molar-refractivity contribution in [2.24, 2.45) is 0 Å². The zero-order chi connectivity index (χ0) is 37.7. The van der Waals surface area contributed by atoms with Crippen LogP contribution in [0.1, 0.15) is 100.0 Å². The first-order valence-corrected chi connectivity index (χ1v) is 19.1. The number of sulfonamides is 2. The van der Waals surface area contributed by atoms with E-state index in [0.29, 0.717) is 40.0 Å². The summed E-state index contributed by atoms with van der Waals surface area (Å²) in [6.45, 7) is 13.1. The van der Waals surface area contributed by atoms with E-state index in [1.54, 1.807) is 6.07 Å². The van der Waals surface area contributed by atoms with Gasteiger partial charge in [0.05, 0.1) is 0 Å². The molecule has 272 valence electrons. The van der Waals surface area contributed by atoms with Crippen molar-refractivity contribution in [3.63, 3.8) is 0 Å². The summed E-state index contributed by atoms with van der Waals surface area (Å²) in [5, 5.41) is 4.07. The molecule has 0 aliphatic carbocycles. The molecule has 0 aliphatic rings. The summed E-state index contributed by atoms with van der Waals surface area (Å²) in [4.78, 5) is 41.2. The molecule has 1 atom stereocenters. The van der Waals surface area contributed by atoms with Gasteiger partial charge < -0.3 is 10.6 Å². The van der Waals surface area contributed by atoms with Crippen molar-refractivity contribution in [1.82, 2.24) is 29.4 Å². The summed E-state index contributed by atoms with van der Waals surface area (Å²) >= 11 is 0. The Morgan fingerprint density at radius 1 is 0.647 bits per heavy atom. The van der Waals surface area contributed by atoms with Crippen LogP contribution >= 0.6 is 0 Å². The number of urea groups is 2. The van der Waals surface area contributed by atoms with Crippen molar-refractivity contribution in [2.45, 2.75) is 88.9 Å². The lowest BCUT2D eigenvalue weighted by Gasteiger charge is -2.22. The van der Waals surface area contributed by atoms with Crippen LogP contribution in [-0.4, -0.2) is 48.8 Å². The molecule has 2 aromatic carbocycles. The summed E-state index contributed by atoms with van der Waals surface area (Å²) in [7, 11) is -8.83. The molecule has 17 heteroatoms. The number of para-hydroxylation sites is 1. The molecule has 4 aromatic rings.